The van der Waals surface area contributed by atoms with Gasteiger partial charge in [0.2, 0.25) is 0 Å². The number of aromatic nitrogens is 4. The number of fused-ring (bicyclic) bond motifs is 1. The van der Waals surface area contributed by atoms with Crippen molar-refractivity contribution in [3.63, 3.8) is 0 Å². The van der Waals surface area contributed by atoms with Gasteiger partial charge in [-0.3, -0.25) is 4.79 Å². The van der Waals surface area contributed by atoms with Crippen molar-refractivity contribution in [3.8, 4) is 0 Å². The predicted octanol–water partition coefficient (Wildman–Crippen LogP) is 2.98. The third-order valence-corrected chi connectivity index (χ3v) is 4.69. The van der Waals surface area contributed by atoms with Gasteiger partial charge in [0.05, 0.1) is 12.2 Å². The van der Waals surface area contributed by atoms with Gasteiger partial charge in [-0.2, -0.15) is 10.1 Å². The van der Waals surface area contributed by atoms with Crippen LogP contribution >= 0.6 is 0 Å². The molecule has 0 spiro atoms. The number of rotatable bonds is 2. The number of nitrogens with zero attached hydrogens (tertiary/aromatic N) is 5. The number of likely N-dealkylation sites (tertiary alicyclic amines) is 1. The Balaban J connectivity index is 1.69. The van der Waals surface area contributed by atoms with E-state index >= 15 is 0 Å². The maximum Gasteiger partial charge on any atom is 0.266 e. The van der Waals surface area contributed by atoms with E-state index in [9.17, 15) is 22.4 Å². The molecule has 0 bridgehead atoms. The summed E-state index contributed by atoms with van der Waals surface area (Å²) in [6.07, 6.45) is 0.795. The SMILES string of the molecule is Cc1cc(C2CN(C(=O)c3ccc(F)c(F)c3)CC(F)(F)C2)n2ncnc2n1. The summed E-state index contributed by atoms with van der Waals surface area (Å²) in [5, 5.41) is 4.04. The topological polar surface area (TPSA) is 63.4 Å². The molecule has 1 aliphatic heterocycles. The Bertz CT molecular complexity index is 1070. The molecule has 3 heterocycles. The molecule has 10 heteroatoms. The van der Waals surface area contributed by atoms with Crippen molar-refractivity contribution in [2.75, 3.05) is 13.1 Å². The summed E-state index contributed by atoms with van der Waals surface area (Å²) in [6, 6.07) is 4.22. The number of aryl methyl sites for hydroxylation is 1. The highest BCUT2D eigenvalue weighted by atomic mass is 19.3. The van der Waals surface area contributed by atoms with Crippen molar-refractivity contribution in [1.29, 1.82) is 0 Å². The number of hydrogen-bond donors (Lipinski definition) is 0. The molecule has 1 aromatic carbocycles. The van der Waals surface area contributed by atoms with Crippen LogP contribution in [-0.2, 0) is 0 Å². The first-order chi connectivity index (χ1) is 13.2. The fourth-order valence-corrected chi connectivity index (χ4v) is 3.51. The molecule has 146 valence electrons. The Morgan fingerprint density at radius 1 is 1.21 bits per heavy atom. The number of carbonyl (C=O) groups excluding carboxylic acids is 1. The average Bonchev–Trinajstić information content (AvgIpc) is 3.09. The van der Waals surface area contributed by atoms with Crippen LogP contribution in [0, 0.1) is 18.6 Å². The second kappa shape index (κ2) is 6.54. The monoisotopic (exact) mass is 393 g/mol. The lowest BCUT2D eigenvalue weighted by atomic mass is 9.91. The maximum absolute atomic E-state index is 14.4. The molecular formula is C18H15F4N5O. The Morgan fingerprint density at radius 3 is 2.75 bits per heavy atom. The molecule has 6 nitrogen and oxygen atoms in total. The average molecular weight is 393 g/mol. The second-order valence-electron chi connectivity index (χ2n) is 6.87. The molecule has 28 heavy (non-hydrogen) atoms. The number of benzene rings is 1. The van der Waals surface area contributed by atoms with Crippen LogP contribution < -0.4 is 0 Å². The van der Waals surface area contributed by atoms with Gasteiger partial charge in [-0.25, -0.2) is 27.1 Å². The normalized spacial score (nSPS) is 19.2. The smallest absolute Gasteiger partial charge is 0.266 e. The second-order valence-corrected chi connectivity index (χ2v) is 6.87. The van der Waals surface area contributed by atoms with Gasteiger partial charge < -0.3 is 4.90 Å². The van der Waals surface area contributed by atoms with Crippen LogP contribution in [0.2, 0.25) is 0 Å². The third-order valence-electron chi connectivity index (χ3n) is 4.69. The highest BCUT2D eigenvalue weighted by Crippen LogP contribution is 2.36. The van der Waals surface area contributed by atoms with Gasteiger partial charge in [0.1, 0.15) is 6.33 Å². The zero-order valence-electron chi connectivity index (χ0n) is 14.7. The van der Waals surface area contributed by atoms with E-state index in [1.807, 2.05) is 0 Å². The van der Waals surface area contributed by atoms with Gasteiger partial charge in [0.25, 0.3) is 17.6 Å². The van der Waals surface area contributed by atoms with E-state index in [-0.39, 0.29) is 17.9 Å². The minimum atomic E-state index is -3.15. The molecular weight excluding hydrogens is 378 g/mol. The van der Waals surface area contributed by atoms with Crippen molar-refractivity contribution in [1.82, 2.24) is 24.5 Å². The molecule has 1 fully saturated rings. The van der Waals surface area contributed by atoms with Crippen LogP contribution in [-0.4, -0.2) is 49.4 Å². The summed E-state index contributed by atoms with van der Waals surface area (Å²) in [7, 11) is 0. The molecule has 1 aliphatic rings. The first-order valence-electron chi connectivity index (χ1n) is 8.53. The molecule has 2 aromatic heterocycles. The van der Waals surface area contributed by atoms with Crippen molar-refractivity contribution in [2.45, 2.75) is 25.2 Å². The molecule has 3 aromatic rings. The number of hydrogen-bond acceptors (Lipinski definition) is 4. The Hall–Kier alpha value is -3.04. The van der Waals surface area contributed by atoms with Crippen LogP contribution in [0.25, 0.3) is 5.78 Å². The zero-order chi connectivity index (χ0) is 20.1. The standard InChI is InChI=1S/C18H15F4N5O/c1-10-4-15(27-17(25-10)23-9-24-27)12-6-18(21,22)8-26(7-12)16(28)11-2-3-13(19)14(20)5-11/h2-5,9,12H,6-8H2,1H3. The molecule has 0 radical (unpaired) electrons. The first-order valence-corrected chi connectivity index (χ1v) is 8.53. The lowest BCUT2D eigenvalue weighted by molar-refractivity contribution is -0.0641. The largest absolute Gasteiger partial charge is 0.332 e. The lowest BCUT2D eigenvalue weighted by Gasteiger charge is -2.37. The Kier molecular flexibility index (Phi) is 4.28. The van der Waals surface area contributed by atoms with E-state index in [0.29, 0.717) is 17.5 Å². The first kappa shape index (κ1) is 18.3. The molecule has 4 rings (SSSR count). The summed E-state index contributed by atoms with van der Waals surface area (Å²) in [6.45, 7) is 0.890. The molecule has 1 atom stereocenters. The summed E-state index contributed by atoms with van der Waals surface area (Å²) in [4.78, 5) is 21.8. The van der Waals surface area contributed by atoms with Crippen LogP contribution in [0.3, 0.4) is 0 Å². The van der Waals surface area contributed by atoms with E-state index in [2.05, 4.69) is 15.1 Å². The van der Waals surface area contributed by atoms with Gasteiger partial charge in [0.15, 0.2) is 11.6 Å². The van der Waals surface area contributed by atoms with E-state index in [4.69, 9.17) is 0 Å². The van der Waals surface area contributed by atoms with Gasteiger partial charge in [-0.05, 0) is 31.2 Å². The number of amides is 1. The summed E-state index contributed by atoms with van der Waals surface area (Å²) < 4.78 is 56.9. The van der Waals surface area contributed by atoms with Gasteiger partial charge in [0, 0.05) is 30.1 Å². The number of carbonyl (C=O) groups is 1. The Morgan fingerprint density at radius 2 is 2.00 bits per heavy atom. The van der Waals surface area contributed by atoms with E-state index < -0.39 is 42.3 Å². The lowest BCUT2D eigenvalue weighted by Crippen LogP contribution is -2.49. The predicted molar refractivity (Wildman–Crippen MR) is 90.1 cm³/mol. The van der Waals surface area contributed by atoms with Crippen molar-refractivity contribution >= 4 is 11.7 Å². The van der Waals surface area contributed by atoms with Crippen molar-refractivity contribution < 1.29 is 22.4 Å². The summed E-state index contributed by atoms with van der Waals surface area (Å²) in [5.74, 6) is -6.71. The fraction of sp³-hybridized carbons (Fsp3) is 0.333. The zero-order valence-corrected chi connectivity index (χ0v) is 14.7. The minimum absolute atomic E-state index is 0.0220. The van der Waals surface area contributed by atoms with E-state index in [0.717, 1.165) is 17.0 Å². The molecule has 1 unspecified atom stereocenters. The van der Waals surface area contributed by atoms with Gasteiger partial charge >= 0.3 is 0 Å². The molecule has 0 N–H and O–H groups in total. The molecule has 1 amide bonds. The maximum atomic E-state index is 14.4. The minimum Gasteiger partial charge on any atom is -0.332 e. The molecule has 0 saturated carbocycles. The van der Waals surface area contributed by atoms with Crippen LogP contribution in [0.4, 0.5) is 17.6 Å². The quantitative estimate of drug-likeness (QED) is 0.628. The van der Waals surface area contributed by atoms with Crippen molar-refractivity contribution in [3.05, 3.63) is 59.2 Å². The number of piperidine rings is 1. The third kappa shape index (κ3) is 3.30. The van der Waals surface area contributed by atoms with Crippen LogP contribution in [0.1, 0.15) is 34.1 Å². The fourth-order valence-electron chi connectivity index (χ4n) is 3.51. The molecule has 0 aliphatic carbocycles. The van der Waals surface area contributed by atoms with Crippen LogP contribution in [0.5, 0.6) is 0 Å². The Labute approximate surface area is 156 Å². The van der Waals surface area contributed by atoms with Crippen LogP contribution in [0.15, 0.2) is 30.6 Å². The number of alkyl halides is 2. The summed E-state index contributed by atoms with van der Waals surface area (Å²) in [5.41, 5.74) is 0.859. The van der Waals surface area contributed by atoms with E-state index in [1.165, 1.54) is 10.8 Å². The van der Waals surface area contributed by atoms with Crippen molar-refractivity contribution in [2.24, 2.45) is 0 Å². The van der Waals surface area contributed by atoms with E-state index in [1.54, 1.807) is 13.0 Å². The van der Waals surface area contributed by atoms with Gasteiger partial charge in [-0.15, -0.1) is 0 Å². The highest BCUT2D eigenvalue weighted by molar-refractivity contribution is 5.94. The number of halogens is 4. The highest BCUT2D eigenvalue weighted by Gasteiger charge is 2.43. The van der Waals surface area contributed by atoms with Gasteiger partial charge in [-0.1, -0.05) is 0 Å². The molecule has 1 saturated heterocycles. The summed E-state index contributed by atoms with van der Waals surface area (Å²) >= 11 is 0.